The zero-order valence-corrected chi connectivity index (χ0v) is 14.8. The maximum absolute atomic E-state index is 12.1. The van der Waals surface area contributed by atoms with Crippen molar-refractivity contribution in [3.63, 3.8) is 0 Å². The van der Waals surface area contributed by atoms with Crippen molar-refractivity contribution in [2.75, 3.05) is 5.32 Å². The maximum atomic E-state index is 12.1. The number of thiazole rings is 1. The van der Waals surface area contributed by atoms with Crippen LogP contribution in [0.4, 0.5) is 10.1 Å². The van der Waals surface area contributed by atoms with Crippen molar-refractivity contribution in [1.29, 1.82) is 0 Å². The van der Waals surface area contributed by atoms with Gasteiger partial charge in [0.25, 0.3) is 5.91 Å². The summed E-state index contributed by atoms with van der Waals surface area (Å²) in [4.78, 5) is 26.8. The second-order valence-electron chi connectivity index (χ2n) is 4.52. The minimum absolute atomic E-state index is 0.0872. The smallest absolute Gasteiger partial charge is 0.297 e. The van der Waals surface area contributed by atoms with Gasteiger partial charge >= 0.3 is 5.00 Å². The molecule has 0 unspecified atom stereocenters. The van der Waals surface area contributed by atoms with Crippen molar-refractivity contribution in [3.05, 3.63) is 60.7 Å². The largest absolute Gasteiger partial charge is 0.324 e. The molecule has 0 aliphatic heterocycles. The van der Waals surface area contributed by atoms with Crippen LogP contribution in [0.25, 0.3) is 11.3 Å². The topological polar surface area (TPSA) is 85.1 Å². The molecule has 0 atom stereocenters. The highest BCUT2D eigenvalue weighted by Gasteiger charge is 2.16. The number of nitrogens with one attached hydrogen (secondary N) is 1. The van der Waals surface area contributed by atoms with Crippen molar-refractivity contribution >= 4 is 61.9 Å². The molecule has 1 N–H and O–H groups in total. The monoisotopic (exact) mass is 399 g/mol. The molecule has 1 aromatic carbocycles. The van der Waals surface area contributed by atoms with Crippen molar-refractivity contribution in [2.24, 2.45) is 0 Å². The summed E-state index contributed by atoms with van der Waals surface area (Å²) in [6, 6.07) is 7.83. The summed E-state index contributed by atoms with van der Waals surface area (Å²) in [5.41, 5.74) is 1.42. The van der Waals surface area contributed by atoms with E-state index in [9.17, 15) is 14.9 Å². The Bertz CT molecular complexity index is 939. The molecule has 122 valence electrons. The molecule has 0 fully saturated rings. The Morgan fingerprint density at radius 1 is 1.21 bits per heavy atom. The molecule has 0 spiro atoms. The Labute approximate surface area is 153 Å². The summed E-state index contributed by atoms with van der Waals surface area (Å²) in [5.74, 6) is -0.442. The van der Waals surface area contributed by atoms with E-state index in [1.807, 2.05) is 0 Å². The number of aromatic nitrogens is 1. The van der Waals surface area contributed by atoms with Gasteiger partial charge in [-0.25, -0.2) is 4.98 Å². The molecule has 2 aromatic heterocycles. The molecule has 2 heterocycles. The molecule has 0 radical (unpaired) electrons. The molecule has 0 aliphatic carbocycles. The van der Waals surface area contributed by atoms with Gasteiger partial charge in [-0.2, -0.15) is 0 Å². The van der Waals surface area contributed by atoms with Gasteiger partial charge in [-0.05, 0) is 18.2 Å². The summed E-state index contributed by atoms with van der Waals surface area (Å²) in [5, 5.41) is 16.2. The lowest BCUT2D eigenvalue weighted by Gasteiger charge is -2.00. The van der Waals surface area contributed by atoms with Gasteiger partial charge in [-0.3, -0.25) is 20.2 Å². The van der Waals surface area contributed by atoms with Crippen molar-refractivity contribution in [1.82, 2.24) is 4.98 Å². The van der Waals surface area contributed by atoms with E-state index in [1.165, 1.54) is 23.5 Å². The van der Waals surface area contributed by atoms with Gasteiger partial charge in [0.2, 0.25) is 0 Å². The van der Waals surface area contributed by atoms with Gasteiger partial charge in [0.1, 0.15) is 0 Å². The predicted molar refractivity (Wildman–Crippen MR) is 96.5 cm³/mol. The first kappa shape index (κ1) is 16.8. The second kappa shape index (κ2) is 6.86. The van der Waals surface area contributed by atoms with Crippen LogP contribution in [-0.2, 0) is 0 Å². The van der Waals surface area contributed by atoms with Crippen LogP contribution >= 0.6 is 45.9 Å². The third-order valence-electron chi connectivity index (χ3n) is 2.94. The maximum Gasteiger partial charge on any atom is 0.324 e. The fourth-order valence-corrected chi connectivity index (χ4v) is 3.55. The Kier molecular flexibility index (Phi) is 4.81. The molecule has 0 saturated heterocycles. The third-order valence-corrected chi connectivity index (χ3v) is 5.47. The first-order valence-electron chi connectivity index (χ1n) is 6.40. The molecule has 3 rings (SSSR count). The number of hydrogen-bond donors (Lipinski definition) is 1. The number of amides is 1. The quantitative estimate of drug-likeness (QED) is 0.473. The van der Waals surface area contributed by atoms with Crippen LogP contribution in [0.1, 0.15) is 9.67 Å². The van der Waals surface area contributed by atoms with Gasteiger partial charge in [-0.1, -0.05) is 40.6 Å². The van der Waals surface area contributed by atoms with Crippen LogP contribution in [0.2, 0.25) is 10.0 Å². The number of carbonyl (C=O) groups is 1. The van der Waals surface area contributed by atoms with Crippen molar-refractivity contribution in [2.45, 2.75) is 0 Å². The number of nitro groups is 1. The first-order valence-corrected chi connectivity index (χ1v) is 8.86. The summed E-state index contributed by atoms with van der Waals surface area (Å²) in [7, 11) is 0. The van der Waals surface area contributed by atoms with Gasteiger partial charge in [0.05, 0.1) is 25.5 Å². The number of halogens is 2. The molecule has 24 heavy (non-hydrogen) atoms. The van der Waals surface area contributed by atoms with E-state index in [2.05, 4.69) is 10.3 Å². The van der Waals surface area contributed by atoms with Crippen LogP contribution in [0.15, 0.2) is 35.7 Å². The van der Waals surface area contributed by atoms with E-state index in [-0.39, 0.29) is 9.88 Å². The van der Waals surface area contributed by atoms with E-state index in [0.717, 1.165) is 16.9 Å². The molecule has 0 saturated carbocycles. The number of benzene rings is 1. The number of thiophene rings is 1. The fraction of sp³-hybridized carbons (Fsp3) is 0. The lowest BCUT2D eigenvalue weighted by atomic mass is 10.2. The van der Waals surface area contributed by atoms with Gasteiger partial charge in [0, 0.05) is 17.0 Å². The molecular weight excluding hydrogens is 393 g/mol. The van der Waals surface area contributed by atoms with Gasteiger partial charge in [0.15, 0.2) is 5.13 Å². The van der Waals surface area contributed by atoms with E-state index in [1.54, 1.807) is 23.6 Å². The number of nitrogens with zero attached hydrogens (tertiary/aromatic N) is 2. The lowest BCUT2D eigenvalue weighted by molar-refractivity contribution is -0.380. The summed E-state index contributed by atoms with van der Waals surface area (Å²) in [6.07, 6.45) is 0. The molecule has 10 heteroatoms. The SMILES string of the molecule is O=C(Nc1nc(-c2ccc(Cl)c(Cl)c2)cs1)c1ccc([N+](=O)[O-])s1. The number of carbonyl (C=O) groups excluding carboxylic acids is 1. The van der Waals surface area contributed by atoms with Gasteiger partial charge < -0.3 is 0 Å². The molecule has 6 nitrogen and oxygen atoms in total. The Morgan fingerprint density at radius 2 is 2.00 bits per heavy atom. The minimum atomic E-state index is -0.535. The van der Waals surface area contributed by atoms with Crippen LogP contribution in [0, 0.1) is 10.1 Å². The highest BCUT2D eigenvalue weighted by molar-refractivity contribution is 7.17. The highest BCUT2D eigenvalue weighted by Crippen LogP contribution is 2.31. The second-order valence-corrected chi connectivity index (χ2v) is 7.25. The Balaban J connectivity index is 1.76. The number of hydrogen-bond acceptors (Lipinski definition) is 6. The average molecular weight is 400 g/mol. The Hall–Kier alpha value is -2.00. The molecule has 0 bridgehead atoms. The number of anilines is 1. The molecule has 3 aromatic rings. The van der Waals surface area contributed by atoms with E-state index < -0.39 is 10.8 Å². The summed E-state index contributed by atoms with van der Waals surface area (Å²) < 4.78 is 0. The van der Waals surface area contributed by atoms with Crippen LogP contribution in [0.5, 0.6) is 0 Å². The lowest BCUT2D eigenvalue weighted by Crippen LogP contribution is -2.09. The van der Waals surface area contributed by atoms with E-state index >= 15 is 0 Å². The van der Waals surface area contributed by atoms with Crippen molar-refractivity contribution in [3.8, 4) is 11.3 Å². The van der Waals surface area contributed by atoms with Crippen LogP contribution in [0.3, 0.4) is 0 Å². The predicted octanol–water partition coefficient (Wildman–Crippen LogP) is 5.34. The standard InChI is InChI=1S/C14H7Cl2N3O3S2/c15-8-2-1-7(5-9(8)16)10-6-23-14(17-10)18-13(20)11-3-4-12(24-11)19(21)22/h1-6H,(H,17,18,20). The zero-order chi connectivity index (χ0) is 17.3. The van der Waals surface area contributed by atoms with E-state index in [0.29, 0.717) is 20.9 Å². The normalized spacial score (nSPS) is 10.6. The van der Waals surface area contributed by atoms with Gasteiger partial charge in [-0.15, -0.1) is 11.3 Å². The fourth-order valence-electron chi connectivity index (χ4n) is 1.83. The molecular formula is C14H7Cl2N3O3S2. The van der Waals surface area contributed by atoms with Crippen LogP contribution in [-0.4, -0.2) is 15.8 Å². The van der Waals surface area contributed by atoms with Crippen LogP contribution < -0.4 is 5.32 Å². The molecule has 0 aliphatic rings. The van der Waals surface area contributed by atoms with Crippen molar-refractivity contribution < 1.29 is 9.72 Å². The Morgan fingerprint density at radius 3 is 2.67 bits per heavy atom. The third kappa shape index (κ3) is 3.57. The minimum Gasteiger partial charge on any atom is -0.297 e. The first-order chi connectivity index (χ1) is 11.4. The average Bonchev–Trinajstić information content (AvgIpc) is 3.19. The zero-order valence-electron chi connectivity index (χ0n) is 11.7. The number of rotatable bonds is 4. The summed E-state index contributed by atoms with van der Waals surface area (Å²) >= 11 is 13.9. The molecule has 1 amide bonds. The summed E-state index contributed by atoms with van der Waals surface area (Å²) in [6.45, 7) is 0. The highest BCUT2D eigenvalue weighted by atomic mass is 35.5. The van der Waals surface area contributed by atoms with E-state index in [4.69, 9.17) is 23.2 Å².